The molecule has 0 spiro atoms. The van der Waals surface area contributed by atoms with Crippen molar-refractivity contribution in [3.63, 3.8) is 0 Å². The first-order chi connectivity index (χ1) is 16.7. The third kappa shape index (κ3) is 6.37. The summed E-state index contributed by atoms with van der Waals surface area (Å²) in [7, 11) is -7.67. The van der Waals surface area contributed by atoms with Crippen molar-refractivity contribution in [3.05, 3.63) is 82.4 Å². The molecule has 0 fully saturated rings. The highest BCUT2D eigenvalue weighted by Crippen LogP contribution is 2.26. The number of nitrogens with zero attached hydrogens (tertiary/aromatic N) is 1. The normalized spacial score (nSPS) is 12.6. The van der Waals surface area contributed by atoms with Gasteiger partial charge in [0.2, 0.25) is 15.9 Å². The van der Waals surface area contributed by atoms with E-state index in [1.165, 1.54) is 37.3 Å². The van der Waals surface area contributed by atoms with E-state index in [0.717, 1.165) is 21.7 Å². The minimum atomic E-state index is -3.90. The van der Waals surface area contributed by atoms with Crippen LogP contribution in [0.15, 0.2) is 65.6 Å². The third-order valence-electron chi connectivity index (χ3n) is 5.71. The topological polar surface area (TPSA) is 113 Å². The Morgan fingerprint density at radius 2 is 1.47 bits per heavy atom. The minimum Gasteiger partial charge on any atom is -0.324 e. The molecule has 11 heteroatoms. The average Bonchev–Trinajstić information content (AvgIpc) is 2.78. The maximum absolute atomic E-state index is 13.0. The number of rotatable bonds is 8. The molecule has 0 aromatic heterocycles. The van der Waals surface area contributed by atoms with Gasteiger partial charge in [0.05, 0.1) is 22.5 Å². The minimum absolute atomic E-state index is 0.0131. The van der Waals surface area contributed by atoms with Crippen LogP contribution in [0.2, 0.25) is 5.02 Å². The van der Waals surface area contributed by atoms with Gasteiger partial charge in [-0.25, -0.2) is 16.8 Å². The maximum Gasteiger partial charge on any atom is 0.261 e. The van der Waals surface area contributed by atoms with Gasteiger partial charge in [-0.1, -0.05) is 23.7 Å². The zero-order valence-electron chi connectivity index (χ0n) is 20.5. The molecule has 1 atom stereocenters. The Morgan fingerprint density at radius 3 is 2.06 bits per heavy atom. The number of halogens is 1. The molecule has 0 heterocycles. The fraction of sp³-hybridized carbons (Fsp3) is 0.240. The average molecular weight is 550 g/mol. The molecule has 0 unspecified atom stereocenters. The number of sulfonamides is 2. The number of nitrogens with one attached hydrogen (secondary N) is 2. The summed E-state index contributed by atoms with van der Waals surface area (Å²) >= 11 is 5.97. The Balaban J connectivity index is 1.79. The van der Waals surface area contributed by atoms with Gasteiger partial charge in [0.25, 0.3) is 10.0 Å². The Bertz CT molecular complexity index is 1510. The quantitative estimate of drug-likeness (QED) is 0.416. The number of carbonyl (C=O) groups is 1. The van der Waals surface area contributed by atoms with E-state index in [1.54, 1.807) is 37.3 Å². The Labute approximate surface area is 217 Å². The van der Waals surface area contributed by atoms with Crippen LogP contribution in [0, 0.1) is 20.8 Å². The van der Waals surface area contributed by atoms with Crippen LogP contribution in [0.4, 0.5) is 17.1 Å². The fourth-order valence-corrected chi connectivity index (χ4v) is 6.00. The third-order valence-corrected chi connectivity index (χ3v) is 8.57. The molecule has 36 heavy (non-hydrogen) atoms. The molecule has 3 aromatic rings. The van der Waals surface area contributed by atoms with Gasteiger partial charge >= 0.3 is 0 Å². The van der Waals surface area contributed by atoms with E-state index >= 15 is 0 Å². The summed E-state index contributed by atoms with van der Waals surface area (Å²) in [5.74, 6) is -0.568. The predicted molar refractivity (Wildman–Crippen MR) is 145 cm³/mol. The number of carbonyl (C=O) groups excluding carboxylic acids is 1. The molecular weight excluding hydrogens is 522 g/mol. The Kier molecular flexibility index (Phi) is 8.02. The lowest BCUT2D eigenvalue weighted by molar-refractivity contribution is -0.116. The highest BCUT2D eigenvalue weighted by atomic mass is 35.5. The lowest BCUT2D eigenvalue weighted by atomic mass is 10.1. The smallest absolute Gasteiger partial charge is 0.261 e. The van der Waals surface area contributed by atoms with Gasteiger partial charge in [-0.3, -0.25) is 13.8 Å². The Hall–Kier alpha value is -3.08. The van der Waals surface area contributed by atoms with Gasteiger partial charge < -0.3 is 5.32 Å². The molecule has 0 radical (unpaired) electrons. The van der Waals surface area contributed by atoms with Crippen LogP contribution in [-0.2, 0) is 24.8 Å². The monoisotopic (exact) mass is 549 g/mol. The van der Waals surface area contributed by atoms with Crippen molar-refractivity contribution in [3.8, 4) is 0 Å². The van der Waals surface area contributed by atoms with Gasteiger partial charge in [0.1, 0.15) is 6.04 Å². The SMILES string of the molecule is Cc1ccc(N([C@H](C)C(=O)Nc2ccc(S(=O)(=O)Nc3cc(Cl)ccc3C)cc2)S(C)(=O)=O)cc1C. The van der Waals surface area contributed by atoms with Gasteiger partial charge in [-0.15, -0.1) is 0 Å². The summed E-state index contributed by atoms with van der Waals surface area (Å²) in [5.41, 5.74) is 3.66. The standard InChI is InChI=1S/C25H28ClN3O5S2/c1-16-7-11-22(14-18(16)3)29(35(5,31)32)19(4)25(30)27-21-9-12-23(13-10-21)36(33,34)28-24-15-20(26)8-6-17(24)2/h6-15,19,28H,1-5H3,(H,27,30)/t19-/m1/s1. The van der Waals surface area contributed by atoms with Crippen molar-refractivity contribution in [2.24, 2.45) is 0 Å². The van der Waals surface area contributed by atoms with Crippen molar-refractivity contribution in [2.45, 2.75) is 38.6 Å². The number of hydrogen-bond acceptors (Lipinski definition) is 5. The largest absolute Gasteiger partial charge is 0.324 e. The van der Waals surface area contributed by atoms with Gasteiger partial charge in [0, 0.05) is 10.7 Å². The lowest BCUT2D eigenvalue weighted by Gasteiger charge is -2.28. The van der Waals surface area contributed by atoms with Crippen molar-refractivity contribution in [1.82, 2.24) is 0 Å². The van der Waals surface area contributed by atoms with E-state index in [-0.39, 0.29) is 4.90 Å². The van der Waals surface area contributed by atoms with E-state index < -0.39 is 32.0 Å². The lowest BCUT2D eigenvalue weighted by Crippen LogP contribution is -2.45. The molecule has 3 rings (SSSR count). The van der Waals surface area contributed by atoms with Crippen LogP contribution in [-0.4, -0.2) is 35.0 Å². The first-order valence-electron chi connectivity index (χ1n) is 11.0. The molecule has 0 aliphatic carbocycles. The zero-order valence-corrected chi connectivity index (χ0v) is 22.9. The summed E-state index contributed by atoms with van der Waals surface area (Å²) in [4.78, 5) is 12.9. The molecule has 1 amide bonds. The molecule has 0 aliphatic heterocycles. The maximum atomic E-state index is 13.0. The van der Waals surface area contributed by atoms with Crippen molar-refractivity contribution in [1.29, 1.82) is 0 Å². The predicted octanol–water partition coefficient (Wildman–Crippen LogP) is 4.86. The van der Waals surface area contributed by atoms with Crippen LogP contribution in [0.1, 0.15) is 23.6 Å². The summed E-state index contributed by atoms with van der Waals surface area (Å²) in [5, 5.41) is 3.05. The van der Waals surface area contributed by atoms with E-state index in [4.69, 9.17) is 11.6 Å². The highest BCUT2D eigenvalue weighted by molar-refractivity contribution is 7.92. The number of hydrogen-bond donors (Lipinski definition) is 2. The van der Waals surface area contributed by atoms with E-state index in [9.17, 15) is 21.6 Å². The number of amides is 1. The second-order valence-electron chi connectivity index (χ2n) is 8.58. The molecule has 2 N–H and O–H groups in total. The van der Waals surface area contributed by atoms with E-state index in [1.807, 2.05) is 13.8 Å². The number of anilines is 3. The van der Waals surface area contributed by atoms with Crippen LogP contribution < -0.4 is 14.3 Å². The van der Waals surface area contributed by atoms with Crippen molar-refractivity contribution >= 4 is 54.6 Å². The highest BCUT2D eigenvalue weighted by Gasteiger charge is 2.29. The second-order valence-corrected chi connectivity index (χ2v) is 12.6. The molecule has 0 saturated carbocycles. The van der Waals surface area contributed by atoms with Crippen LogP contribution in [0.25, 0.3) is 0 Å². The van der Waals surface area contributed by atoms with Gasteiger partial charge in [-0.2, -0.15) is 0 Å². The van der Waals surface area contributed by atoms with Gasteiger partial charge in [-0.05, 0) is 92.9 Å². The Morgan fingerprint density at radius 1 is 0.861 bits per heavy atom. The van der Waals surface area contributed by atoms with Crippen LogP contribution >= 0.6 is 11.6 Å². The molecule has 0 bridgehead atoms. The second kappa shape index (κ2) is 10.5. The van der Waals surface area contributed by atoms with E-state index in [0.29, 0.717) is 27.6 Å². The van der Waals surface area contributed by atoms with Crippen molar-refractivity contribution in [2.75, 3.05) is 20.6 Å². The van der Waals surface area contributed by atoms with Crippen LogP contribution in [0.5, 0.6) is 0 Å². The molecule has 0 aliphatic rings. The summed E-state index contributed by atoms with van der Waals surface area (Å²) in [6, 6.07) is 14.6. The first-order valence-corrected chi connectivity index (χ1v) is 14.7. The molecule has 8 nitrogen and oxygen atoms in total. The summed E-state index contributed by atoms with van der Waals surface area (Å²) in [6.07, 6.45) is 1.04. The molecule has 192 valence electrons. The fourth-order valence-electron chi connectivity index (χ4n) is 3.54. The first kappa shape index (κ1) is 27.5. The molecule has 0 saturated heterocycles. The number of aryl methyl sites for hydroxylation is 3. The van der Waals surface area contributed by atoms with E-state index in [2.05, 4.69) is 10.0 Å². The number of benzene rings is 3. The molecular formula is C25H28ClN3O5S2. The van der Waals surface area contributed by atoms with Crippen molar-refractivity contribution < 1.29 is 21.6 Å². The van der Waals surface area contributed by atoms with Crippen LogP contribution in [0.3, 0.4) is 0 Å². The zero-order chi connectivity index (χ0) is 26.8. The summed E-state index contributed by atoms with van der Waals surface area (Å²) < 4.78 is 54.2. The summed E-state index contributed by atoms with van der Waals surface area (Å²) in [6.45, 7) is 7.02. The molecule has 3 aromatic carbocycles. The van der Waals surface area contributed by atoms with Gasteiger partial charge in [0.15, 0.2) is 0 Å².